The highest BCUT2D eigenvalue weighted by Crippen LogP contribution is 2.16. The third-order valence-electron chi connectivity index (χ3n) is 2.76. The van der Waals surface area contributed by atoms with Crippen molar-refractivity contribution in [2.45, 2.75) is 18.9 Å². The van der Waals surface area contributed by atoms with E-state index in [-0.39, 0.29) is 0 Å². The van der Waals surface area contributed by atoms with Crippen molar-refractivity contribution in [1.29, 1.82) is 0 Å². The van der Waals surface area contributed by atoms with Gasteiger partial charge in [-0.2, -0.15) is 11.8 Å². The van der Waals surface area contributed by atoms with Crippen molar-refractivity contribution in [3.05, 3.63) is 0 Å². The molecule has 0 bridgehead atoms. The molecule has 3 nitrogen and oxygen atoms in total. The van der Waals surface area contributed by atoms with Crippen LogP contribution in [-0.2, 0) is 4.74 Å². The third-order valence-corrected chi connectivity index (χ3v) is 3.98. The summed E-state index contributed by atoms with van der Waals surface area (Å²) < 4.78 is 5.04. The van der Waals surface area contributed by atoms with Gasteiger partial charge >= 0.3 is 0 Å². The minimum Gasteiger partial charge on any atom is -0.383 e. The molecule has 0 aromatic heterocycles. The molecular weight excluding hydrogens is 208 g/mol. The lowest BCUT2D eigenvalue weighted by atomic mass is 10.2. The summed E-state index contributed by atoms with van der Waals surface area (Å²) in [5, 5.41) is 3.63. The van der Waals surface area contributed by atoms with Crippen molar-refractivity contribution in [3.8, 4) is 0 Å². The fourth-order valence-corrected chi connectivity index (χ4v) is 2.83. The predicted octanol–water partition coefficient (Wildman–Crippen LogP) is 1.05. The Labute approximate surface area is 97.9 Å². The number of rotatable bonds is 7. The molecule has 4 heteroatoms. The van der Waals surface area contributed by atoms with E-state index in [0.717, 1.165) is 32.3 Å². The molecule has 1 aliphatic rings. The van der Waals surface area contributed by atoms with Crippen LogP contribution >= 0.6 is 11.8 Å². The largest absolute Gasteiger partial charge is 0.383 e. The van der Waals surface area contributed by atoms with E-state index < -0.39 is 0 Å². The standard InChI is InChI=1S/C11H24N2OS/c1-13(7-8-14-2)6-5-12-11-4-3-9-15-10-11/h11-12H,3-10H2,1-2H3. The molecule has 1 fully saturated rings. The van der Waals surface area contributed by atoms with Crippen LogP contribution in [0.15, 0.2) is 0 Å². The van der Waals surface area contributed by atoms with Gasteiger partial charge in [-0.15, -0.1) is 0 Å². The van der Waals surface area contributed by atoms with Crippen LogP contribution in [0, 0.1) is 0 Å². The quantitative estimate of drug-likeness (QED) is 0.709. The monoisotopic (exact) mass is 232 g/mol. The number of likely N-dealkylation sites (N-methyl/N-ethyl adjacent to an activating group) is 1. The first-order valence-corrected chi connectivity index (χ1v) is 6.97. The molecule has 90 valence electrons. The second kappa shape index (κ2) is 8.39. The summed E-state index contributed by atoms with van der Waals surface area (Å²) in [5.74, 6) is 2.65. The zero-order chi connectivity index (χ0) is 10.9. The maximum absolute atomic E-state index is 5.04. The summed E-state index contributed by atoms with van der Waals surface area (Å²) in [5.41, 5.74) is 0. The first-order chi connectivity index (χ1) is 7.33. The molecule has 1 saturated heterocycles. The molecule has 0 saturated carbocycles. The minimum atomic E-state index is 0.750. The SMILES string of the molecule is COCCN(C)CCNC1CCCSC1. The molecule has 1 heterocycles. The molecule has 15 heavy (non-hydrogen) atoms. The van der Waals surface area contributed by atoms with Crippen LogP contribution in [0.25, 0.3) is 0 Å². The molecule has 1 atom stereocenters. The number of thioether (sulfide) groups is 1. The van der Waals surface area contributed by atoms with Gasteiger partial charge in [-0.25, -0.2) is 0 Å². The van der Waals surface area contributed by atoms with Gasteiger partial charge in [0.25, 0.3) is 0 Å². The highest BCUT2D eigenvalue weighted by molar-refractivity contribution is 7.99. The first kappa shape index (κ1) is 13.3. The van der Waals surface area contributed by atoms with Crippen LogP contribution < -0.4 is 5.32 Å². The average Bonchev–Trinajstić information content (AvgIpc) is 2.28. The molecular formula is C11H24N2OS. The summed E-state index contributed by atoms with van der Waals surface area (Å²) in [6, 6.07) is 0.750. The second-order valence-corrected chi connectivity index (χ2v) is 5.31. The van der Waals surface area contributed by atoms with E-state index in [0.29, 0.717) is 0 Å². The zero-order valence-corrected chi connectivity index (χ0v) is 10.8. The van der Waals surface area contributed by atoms with E-state index in [1.165, 1.54) is 24.3 Å². The highest BCUT2D eigenvalue weighted by Gasteiger charge is 2.12. The van der Waals surface area contributed by atoms with E-state index in [2.05, 4.69) is 29.0 Å². The number of hydrogen-bond acceptors (Lipinski definition) is 4. The Kier molecular flexibility index (Phi) is 7.44. The van der Waals surface area contributed by atoms with Gasteiger partial charge in [0, 0.05) is 38.5 Å². The van der Waals surface area contributed by atoms with E-state index in [4.69, 9.17) is 4.74 Å². The van der Waals surface area contributed by atoms with Gasteiger partial charge in [0.05, 0.1) is 6.61 Å². The first-order valence-electron chi connectivity index (χ1n) is 5.81. The van der Waals surface area contributed by atoms with Gasteiger partial charge in [-0.05, 0) is 25.6 Å². The Morgan fingerprint density at radius 1 is 1.47 bits per heavy atom. The van der Waals surface area contributed by atoms with Crippen LogP contribution in [0.1, 0.15) is 12.8 Å². The molecule has 0 spiro atoms. The normalized spacial score (nSPS) is 22.2. The summed E-state index contributed by atoms with van der Waals surface area (Å²) >= 11 is 2.08. The van der Waals surface area contributed by atoms with Crippen LogP contribution in [0.5, 0.6) is 0 Å². The Hall–Kier alpha value is 0.230. The topological polar surface area (TPSA) is 24.5 Å². The summed E-state index contributed by atoms with van der Waals surface area (Å²) in [4.78, 5) is 2.31. The van der Waals surface area contributed by atoms with E-state index in [1.54, 1.807) is 7.11 Å². The van der Waals surface area contributed by atoms with Crippen LogP contribution in [0.2, 0.25) is 0 Å². The van der Waals surface area contributed by atoms with Crippen molar-refractivity contribution in [2.75, 3.05) is 51.9 Å². The maximum atomic E-state index is 5.04. The van der Waals surface area contributed by atoms with Crippen molar-refractivity contribution >= 4 is 11.8 Å². The zero-order valence-electron chi connectivity index (χ0n) is 10.00. The van der Waals surface area contributed by atoms with Crippen molar-refractivity contribution in [2.24, 2.45) is 0 Å². The Morgan fingerprint density at radius 3 is 3.00 bits per heavy atom. The van der Waals surface area contributed by atoms with Crippen LogP contribution in [0.4, 0.5) is 0 Å². The Bertz CT molecular complexity index is 152. The Balaban J connectivity index is 1.94. The van der Waals surface area contributed by atoms with E-state index in [9.17, 15) is 0 Å². The smallest absolute Gasteiger partial charge is 0.0589 e. The highest BCUT2D eigenvalue weighted by atomic mass is 32.2. The van der Waals surface area contributed by atoms with Crippen molar-refractivity contribution in [1.82, 2.24) is 10.2 Å². The average molecular weight is 232 g/mol. The maximum Gasteiger partial charge on any atom is 0.0589 e. The van der Waals surface area contributed by atoms with Gasteiger partial charge in [-0.1, -0.05) is 0 Å². The third kappa shape index (κ3) is 6.40. The lowest BCUT2D eigenvalue weighted by Crippen LogP contribution is -2.39. The number of methoxy groups -OCH3 is 1. The van der Waals surface area contributed by atoms with Gasteiger partial charge < -0.3 is 15.0 Å². The minimum absolute atomic E-state index is 0.750. The lowest BCUT2D eigenvalue weighted by molar-refractivity contribution is 0.161. The summed E-state index contributed by atoms with van der Waals surface area (Å²) in [7, 11) is 3.90. The molecule has 0 aromatic rings. The van der Waals surface area contributed by atoms with Crippen LogP contribution in [-0.4, -0.2) is 62.8 Å². The van der Waals surface area contributed by atoms with Gasteiger partial charge in [0.2, 0.25) is 0 Å². The number of ether oxygens (including phenoxy) is 1. The summed E-state index contributed by atoms with van der Waals surface area (Å²) in [6.45, 7) is 4.07. The van der Waals surface area contributed by atoms with Gasteiger partial charge in [0.1, 0.15) is 0 Å². The van der Waals surface area contributed by atoms with Crippen molar-refractivity contribution in [3.63, 3.8) is 0 Å². The fraction of sp³-hybridized carbons (Fsp3) is 1.00. The second-order valence-electron chi connectivity index (χ2n) is 4.16. The summed E-state index contributed by atoms with van der Waals surface area (Å²) in [6.07, 6.45) is 2.73. The van der Waals surface area contributed by atoms with E-state index in [1.807, 2.05) is 0 Å². The molecule has 0 amide bonds. The molecule has 1 N–H and O–H groups in total. The fourth-order valence-electron chi connectivity index (χ4n) is 1.72. The Morgan fingerprint density at radius 2 is 2.33 bits per heavy atom. The van der Waals surface area contributed by atoms with Crippen LogP contribution in [0.3, 0.4) is 0 Å². The number of nitrogens with one attached hydrogen (secondary N) is 1. The van der Waals surface area contributed by atoms with E-state index >= 15 is 0 Å². The molecule has 0 radical (unpaired) electrons. The number of hydrogen-bond donors (Lipinski definition) is 1. The number of nitrogens with zero attached hydrogens (tertiary/aromatic N) is 1. The van der Waals surface area contributed by atoms with Crippen molar-refractivity contribution < 1.29 is 4.74 Å². The lowest BCUT2D eigenvalue weighted by Gasteiger charge is -2.24. The molecule has 0 aromatic carbocycles. The molecule has 0 aliphatic carbocycles. The predicted molar refractivity (Wildman–Crippen MR) is 67.7 cm³/mol. The van der Waals surface area contributed by atoms with Gasteiger partial charge in [0.15, 0.2) is 0 Å². The molecule has 1 rings (SSSR count). The molecule has 1 unspecified atom stereocenters. The van der Waals surface area contributed by atoms with Gasteiger partial charge in [-0.3, -0.25) is 0 Å². The molecule has 1 aliphatic heterocycles.